The standard InChI is InChI=1S/C9H9BrO/c1-11-8-5-6-2-3-7(4-6)9(8)10/h4-5H,2-3H2,1H3. The van der Waals surface area contributed by atoms with Gasteiger partial charge in [0, 0.05) is 0 Å². The third kappa shape index (κ3) is 1.06. The van der Waals surface area contributed by atoms with Gasteiger partial charge in [-0.2, -0.15) is 0 Å². The summed E-state index contributed by atoms with van der Waals surface area (Å²) in [6, 6.07) is 4.33. The van der Waals surface area contributed by atoms with Crippen molar-refractivity contribution >= 4 is 15.9 Å². The highest BCUT2D eigenvalue weighted by Gasteiger charge is 2.14. The van der Waals surface area contributed by atoms with Gasteiger partial charge in [0.05, 0.1) is 11.6 Å². The molecule has 1 nitrogen and oxygen atoms in total. The first-order valence-electron chi connectivity index (χ1n) is 3.66. The summed E-state index contributed by atoms with van der Waals surface area (Å²) < 4.78 is 6.33. The Hall–Kier alpha value is -0.500. The maximum atomic E-state index is 5.20. The van der Waals surface area contributed by atoms with Gasteiger partial charge in [0.25, 0.3) is 0 Å². The molecule has 0 fully saturated rings. The minimum atomic E-state index is 0.968. The number of aryl methyl sites for hydroxylation is 2. The quantitative estimate of drug-likeness (QED) is 0.696. The van der Waals surface area contributed by atoms with Gasteiger partial charge in [-0.3, -0.25) is 0 Å². The number of methoxy groups -OCH3 is 1. The molecule has 0 unspecified atom stereocenters. The molecular formula is C9H9BrO. The summed E-state index contributed by atoms with van der Waals surface area (Å²) >= 11 is 3.51. The molecule has 11 heavy (non-hydrogen) atoms. The van der Waals surface area contributed by atoms with Crippen LogP contribution in [0.25, 0.3) is 0 Å². The van der Waals surface area contributed by atoms with Crippen LogP contribution in [0.5, 0.6) is 5.75 Å². The van der Waals surface area contributed by atoms with Crippen LogP contribution in [-0.2, 0) is 12.8 Å². The van der Waals surface area contributed by atoms with E-state index in [4.69, 9.17) is 4.74 Å². The second-order valence-electron chi connectivity index (χ2n) is 2.77. The first kappa shape index (κ1) is 7.17. The van der Waals surface area contributed by atoms with E-state index in [0.29, 0.717) is 0 Å². The van der Waals surface area contributed by atoms with E-state index in [9.17, 15) is 0 Å². The predicted molar refractivity (Wildman–Crippen MR) is 48.1 cm³/mol. The van der Waals surface area contributed by atoms with E-state index in [1.165, 1.54) is 11.1 Å². The lowest BCUT2D eigenvalue weighted by Crippen LogP contribution is -1.85. The third-order valence-electron chi connectivity index (χ3n) is 2.08. The summed E-state index contributed by atoms with van der Waals surface area (Å²) in [5.41, 5.74) is 2.76. The number of ether oxygens (including phenoxy) is 1. The van der Waals surface area contributed by atoms with E-state index >= 15 is 0 Å². The Morgan fingerprint density at radius 1 is 1.36 bits per heavy atom. The Balaban J connectivity index is 2.58. The lowest BCUT2D eigenvalue weighted by Gasteiger charge is -2.03. The molecule has 0 aromatic heterocycles. The number of benzene rings is 1. The van der Waals surface area contributed by atoms with Crippen molar-refractivity contribution in [1.29, 1.82) is 0 Å². The Bertz CT molecular complexity index is 294. The average molecular weight is 213 g/mol. The number of fused-ring (bicyclic) bond motifs is 2. The van der Waals surface area contributed by atoms with Crippen molar-refractivity contribution in [3.05, 3.63) is 27.7 Å². The van der Waals surface area contributed by atoms with Gasteiger partial charge < -0.3 is 4.74 Å². The zero-order chi connectivity index (χ0) is 7.84. The van der Waals surface area contributed by atoms with E-state index in [-0.39, 0.29) is 0 Å². The molecule has 2 bridgehead atoms. The second-order valence-corrected chi connectivity index (χ2v) is 3.56. The number of hydrogen-bond donors (Lipinski definition) is 0. The Labute approximate surface area is 74.5 Å². The van der Waals surface area contributed by atoms with Gasteiger partial charge in [0.1, 0.15) is 5.75 Å². The molecule has 0 N–H and O–H groups in total. The molecule has 2 rings (SSSR count). The highest BCUT2D eigenvalue weighted by molar-refractivity contribution is 9.10. The molecule has 0 spiro atoms. The summed E-state index contributed by atoms with van der Waals surface area (Å²) in [5, 5.41) is 0. The van der Waals surface area contributed by atoms with Crippen LogP contribution >= 0.6 is 15.9 Å². The van der Waals surface area contributed by atoms with E-state index in [1.807, 2.05) is 0 Å². The minimum Gasteiger partial charge on any atom is -0.496 e. The van der Waals surface area contributed by atoms with Crippen molar-refractivity contribution in [2.24, 2.45) is 0 Å². The SMILES string of the molecule is COc1cc2cc(c1Br)CC2. The third-order valence-corrected chi connectivity index (χ3v) is 2.98. The van der Waals surface area contributed by atoms with Crippen LogP contribution < -0.4 is 4.74 Å². The second kappa shape index (κ2) is 2.52. The van der Waals surface area contributed by atoms with Crippen molar-refractivity contribution in [3.63, 3.8) is 0 Å². The lowest BCUT2D eigenvalue weighted by atomic mass is 10.2. The Morgan fingerprint density at radius 2 is 2.18 bits per heavy atom. The molecule has 1 aliphatic carbocycles. The fourth-order valence-electron chi connectivity index (χ4n) is 1.47. The van der Waals surface area contributed by atoms with Gasteiger partial charge in [-0.25, -0.2) is 0 Å². The molecule has 0 amide bonds. The minimum absolute atomic E-state index is 0.968. The van der Waals surface area contributed by atoms with Crippen molar-refractivity contribution in [2.75, 3.05) is 7.11 Å². The van der Waals surface area contributed by atoms with Crippen LogP contribution in [0.15, 0.2) is 16.6 Å². The smallest absolute Gasteiger partial charge is 0.133 e. The number of halogens is 1. The Morgan fingerprint density at radius 3 is 2.91 bits per heavy atom. The summed E-state index contributed by atoms with van der Waals surface area (Å²) in [4.78, 5) is 0. The van der Waals surface area contributed by atoms with Gasteiger partial charge in [0.15, 0.2) is 0 Å². The number of rotatable bonds is 1. The first-order valence-corrected chi connectivity index (χ1v) is 4.46. The summed E-state index contributed by atoms with van der Waals surface area (Å²) in [6.07, 6.45) is 2.32. The van der Waals surface area contributed by atoms with Gasteiger partial charge >= 0.3 is 0 Å². The molecule has 0 aliphatic heterocycles. The molecule has 0 radical (unpaired) electrons. The van der Waals surface area contributed by atoms with Gasteiger partial charge in [-0.05, 0) is 46.0 Å². The summed E-state index contributed by atoms with van der Waals surface area (Å²) in [7, 11) is 1.71. The molecule has 0 saturated heterocycles. The fourth-order valence-corrected chi connectivity index (χ4v) is 2.06. The maximum absolute atomic E-state index is 5.20. The molecule has 1 aromatic carbocycles. The van der Waals surface area contributed by atoms with Crippen molar-refractivity contribution in [3.8, 4) is 5.75 Å². The molecule has 0 atom stereocenters. The van der Waals surface area contributed by atoms with Crippen LogP contribution in [0, 0.1) is 0 Å². The summed E-state index contributed by atoms with van der Waals surface area (Å²) in [6.45, 7) is 0. The van der Waals surface area contributed by atoms with Crippen LogP contribution in [0.3, 0.4) is 0 Å². The van der Waals surface area contributed by atoms with Crippen molar-refractivity contribution in [1.82, 2.24) is 0 Å². The van der Waals surface area contributed by atoms with Crippen molar-refractivity contribution in [2.45, 2.75) is 12.8 Å². The molecule has 1 aromatic rings. The molecule has 2 heteroatoms. The zero-order valence-corrected chi connectivity index (χ0v) is 7.94. The van der Waals surface area contributed by atoms with Crippen LogP contribution in [-0.4, -0.2) is 7.11 Å². The topological polar surface area (TPSA) is 9.23 Å². The van der Waals surface area contributed by atoms with E-state index < -0.39 is 0 Å². The van der Waals surface area contributed by atoms with Gasteiger partial charge in [0.2, 0.25) is 0 Å². The summed E-state index contributed by atoms with van der Waals surface area (Å²) in [5.74, 6) is 0.968. The fraction of sp³-hybridized carbons (Fsp3) is 0.333. The zero-order valence-electron chi connectivity index (χ0n) is 6.36. The van der Waals surface area contributed by atoms with Crippen LogP contribution in [0.2, 0.25) is 0 Å². The molecule has 58 valence electrons. The van der Waals surface area contributed by atoms with Gasteiger partial charge in [-0.1, -0.05) is 6.07 Å². The highest BCUT2D eigenvalue weighted by atomic mass is 79.9. The normalized spacial score (nSPS) is 13.6. The molecule has 0 saturated carbocycles. The molecular weight excluding hydrogens is 204 g/mol. The first-order chi connectivity index (χ1) is 5.31. The van der Waals surface area contributed by atoms with E-state index in [2.05, 4.69) is 28.1 Å². The lowest BCUT2D eigenvalue weighted by molar-refractivity contribution is 0.412. The predicted octanol–water partition coefficient (Wildman–Crippen LogP) is 2.56. The molecule has 1 aliphatic rings. The monoisotopic (exact) mass is 212 g/mol. The van der Waals surface area contributed by atoms with E-state index in [0.717, 1.165) is 23.1 Å². The van der Waals surface area contributed by atoms with Crippen LogP contribution in [0.1, 0.15) is 11.1 Å². The number of hydrogen-bond acceptors (Lipinski definition) is 1. The van der Waals surface area contributed by atoms with Crippen molar-refractivity contribution < 1.29 is 4.74 Å². The average Bonchev–Trinajstić information content (AvgIpc) is 2.42. The van der Waals surface area contributed by atoms with Crippen LogP contribution in [0.4, 0.5) is 0 Å². The largest absolute Gasteiger partial charge is 0.496 e. The van der Waals surface area contributed by atoms with Gasteiger partial charge in [-0.15, -0.1) is 0 Å². The Kier molecular flexibility index (Phi) is 1.64. The maximum Gasteiger partial charge on any atom is 0.133 e. The highest BCUT2D eigenvalue weighted by Crippen LogP contribution is 2.34. The van der Waals surface area contributed by atoms with E-state index in [1.54, 1.807) is 7.11 Å². The molecule has 0 heterocycles.